The molecule has 0 saturated heterocycles. The second kappa shape index (κ2) is 9.03. The van der Waals surface area contributed by atoms with E-state index in [9.17, 15) is 9.59 Å². The number of fused-ring (bicyclic) bond motifs is 1. The second-order valence-electron chi connectivity index (χ2n) is 8.53. The van der Waals surface area contributed by atoms with Gasteiger partial charge in [-0.3, -0.25) is 9.69 Å². The third-order valence-electron chi connectivity index (χ3n) is 4.85. The van der Waals surface area contributed by atoms with Crippen LogP contribution in [0.1, 0.15) is 42.3 Å². The summed E-state index contributed by atoms with van der Waals surface area (Å²) in [6.45, 7) is 5.64. The normalized spacial score (nSPS) is 11.4. The lowest BCUT2D eigenvalue weighted by molar-refractivity contribution is 0.0576. The summed E-state index contributed by atoms with van der Waals surface area (Å²) in [5, 5.41) is 1.35. The van der Waals surface area contributed by atoms with Crippen molar-refractivity contribution in [3.05, 3.63) is 88.8 Å². The number of hydrogen-bond acceptors (Lipinski definition) is 5. The minimum absolute atomic E-state index is 0.185. The van der Waals surface area contributed by atoms with Crippen LogP contribution in [0.15, 0.2) is 67.1 Å². The number of nitrogens with one attached hydrogen (secondary N) is 1. The highest BCUT2D eigenvalue weighted by Crippen LogP contribution is 2.23. The maximum atomic E-state index is 13.0. The zero-order chi connectivity index (χ0) is 23.6. The first-order valence-electron chi connectivity index (χ1n) is 10.4. The second-order valence-corrected chi connectivity index (χ2v) is 8.97. The van der Waals surface area contributed by atoms with Gasteiger partial charge < -0.3 is 9.72 Å². The molecule has 1 aromatic carbocycles. The number of amides is 1. The molecule has 4 aromatic rings. The fourth-order valence-corrected chi connectivity index (χ4v) is 3.43. The molecule has 0 radical (unpaired) electrons. The summed E-state index contributed by atoms with van der Waals surface area (Å²) >= 11 is 5.98. The largest absolute Gasteiger partial charge is 0.443 e. The van der Waals surface area contributed by atoms with E-state index in [1.807, 2.05) is 18.2 Å². The lowest BCUT2D eigenvalue weighted by Gasteiger charge is -2.27. The predicted octanol–water partition coefficient (Wildman–Crippen LogP) is 5.78. The molecular formula is C25H23ClN4O3. The van der Waals surface area contributed by atoms with E-state index in [-0.39, 0.29) is 12.3 Å². The van der Waals surface area contributed by atoms with Crippen molar-refractivity contribution in [2.24, 2.45) is 0 Å². The van der Waals surface area contributed by atoms with Gasteiger partial charge in [0.15, 0.2) is 5.78 Å². The Balaban J connectivity index is 1.62. The van der Waals surface area contributed by atoms with Crippen molar-refractivity contribution in [1.29, 1.82) is 0 Å². The van der Waals surface area contributed by atoms with E-state index < -0.39 is 11.7 Å². The first-order chi connectivity index (χ1) is 15.7. The molecule has 0 aliphatic carbocycles. The number of aromatic nitrogens is 3. The van der Waals surface area contributed by atoms with Crippen LogP contribution >= 0.6 is 11.6 Å². The van der Waals surface area contributed by atoms with Gasteiger partial charge in [-0.05, 0) is 62.7 Å². The molecule has 3 heterocycles. The molecule has 168 valence electrons. The van der Waals surface area contributed by atoms with Gasteiger partial charge in [0.1, 0.15) is 17.1 Å². The molecule has 33 heavy (non-hydrogen) atoms. The van der Waals surface area contributed by atoms with Crippen LogP contribution in [-0.2, 0) is 11.3 Å². The molecule has 3 aromatic heterocycles. The number of H-pyrrole nitrogens is 1. The maximum Gasteiger partial charge on any atom is 0.416 e. The number of nitrogens with zero attached hydrogens (tertiary/aromatic N) is 3. The molecule has 0 unspecified atom stereocenters. The third-order valence-corrected chi connectivity index (χ3v) is 5.10. The van der Waals surface area contributed by atoms with Crippen LogP contribution in [0.3, 0.4) is 0 Å². The van der Waals surface area contributed by atoms with Crippen molar-refractivity contribution >= 4 is 40.3 Å². The first-order valence-corrected chi connectivity index (χ1v) is 10.8. The van der Waals surface area contributed by atoms with Crippen LogP contribution in [0.25, 0.3) is 11.0 Å². The summed E-state index contributed by atoms with van der Waals surface area (Å²) < 4.78 is 5.58. The van der Waals surface area contributed by atoms with Crippen molar-refractivity contribution < 1.29 is 14.3 Å². The van der Waals surface area contributed by atoms with Crippen molar-refractivity contribution in [2.45, 2.75) is 32.9 Å². The smallest absolute Gasteiger partial charge is 0.416 e. The highest BCUT2D eigenvalue weighted by molar-refractivity contribution is 6.30. The predicted molar refractivity (Wildman–Crippen MR) is 128 cm³/mol. The average molecular weight is 463 g/mol. The van der Waals surface area contributed by atoms with Crippen LogP contribution in [0.4, 0.5) is 10.6 Å². The molecule has 8 heteroatoms. The zero-order valence-corrected chi connectivity index (χ0v) is 19.3. The summed E-state index contributed by atoms with van der Waals surface area (Å²) in [5.74, 6) is 0.186. The molecule has 1 N–H and O–H groups in total. The maximum absolute atomic E-state index is 13.0. The Hall–Kier alpha value is -3.71. The topological polar surface area (TPSA) is 88.2 Å². The van der Waals surface area contributed by atoms with Gasteiger partial charge in [-0.2, -0.15) is 0 Å². The van der Waals surface area contributed by atoms with E-state index in [4.69, 9.17) is 16.3 Å². The Kier molecular flexibility index (Phi) is 6.16. The van der Waals surface area contributed by atoms with Crippen LogP contribution in [0.2, 0.25) is 5.02 Å². The van der Waals surface area contributed by atoms with Crippen LogP contribution in [0.5, 0.6) is 0 Å². The number of pyridine rings is 2. The number of ether oxygens (including phenoxy) is 1. The lowest BCUT2D eigenvalue weighted by atomic mass is 10.1. The van der Waals surface area contributed by atoms with Crippen molar-refractivity contribution in [3.63, 3.8) is 0 Å². The van der Waals surface area contributed by atoms with Gasteiger partial charge in [0.05, 0.1) is 6.54 Å². The summed E-state index contributed by atoms with van der Waals surface area (Å²) in [7, 11) is 0. The fraction of sp³-hybridized carbons (Fsp3) is 0.200. The van der Waals surface area contributed by atoms with Crippen LogP contribution < -0.4 is 4.90 Å². The molecule has 0 saturated carbocycles. The Bertz CT molecular complexity index is 1290. The summed E-state index contributed by atoms with van der Waals surface area (Å²) in [4.78, 5) is 39.0. The van der Waals surface area contributed by atoms with Crippen molar-refractivity contribution in [1.82, 2.24) is 15.0 Å². The molecule has 7 nitrogen and oxygen atoms in total. The number of rotatable bonds is 5. The van der Waals surface area contributed by atoms with Gasteiger partial charge in [0.25, 0.3) is 0 Å². The molecular weight excluding hydrogens is 440 g/mol. The van der Waals surface area contributed by atoms with E-state index in [1.54, 1.807) is 63.5 Å². The Morgan fingerprint density at radius 1 is 1.06 bits per heavy atom. The Morgan fingerprint density at radius 2 is 1.82 bits per heavy atom. The summed E-state index contributed by atoms with van der Waals surface area (Å²) in [5.41, 5.74) is 1.74. The monoisotopic (exact) mass is 462 g/mol. The molecule has 0 bridgehead atoms. The standard InChI is InChI=1S/C25H23ClN4O3/c1-25(2,3)33-24(32)30(15-16-6-9-18(26)10-7-16)21-11-8-17(13-28-21)22(31)20-14-29-23-19(20)5-4-12-27-23/h4-14H,15H2,1-3H3,(H,27,29). The first kappa shape index (κ1) is 22.5. The van der Waals surface area contributed by atoms with Crippen molar-refractivity contribution in [3.8, 4) is 0 Å². The SMILES string of the molecule is CC(C)(C)OC(=O)N(Cc1ccc(Cl)cc1)c1ccc(C(=O)c2c[nH]c3ncccc23)cn1. The van der Waals surface area contributed by atoms with E-state index in [2.05, 4.69) is 15.0 Å². The molecule has 0 aliphatic heterocycles. The minimum Gasteiger partial charge on any atom is -0.443 e. The zero-order valence-electron chi connectivity index (χ0n) is 18.5. The molecule has 0 spiro atoms. The molecule has 4 rings (SSSR count). The van der Waals surface area contributed by atoms with E-state index in [0.717, 1.165) is 10.9 Å². The number of halogens is 1. The van der Waals surface area contributed by atoms with Crippen LogP contribution in [0, 0.1) is 0 Å². The number of aromatic amines is 1. The number of ketones is 1. The number of hydrogen-bond donors (Lipinski definition) is 1. The number of carbonyl (C=O) groups excluding carboxylic acids is 2. The highest BCUT2D eigenvalue weighted by Gasteiger charge is 2.25. The van der Waals surface area contributed by atoms with Gasteiger partial charge in [-0.15, -0.1) is 0 Å². The molecule has 0 atom stereocenters. The lowest BCUT2D eigenvalue weighted by Crippen LogP contribution is -2.37. The van der Waals surface area contributed by atoms with Gasteiger partial charge in [-0.1, -0.05) is 23.7 Å². The number of anilines is 1. The van der Waals surface area contributed by atoms with Gasteiger partial charge in [0, 0.05) is 40.1 Å². The Labute approximate surface area is 196 Å². The van der Waals surface area contributed by atoms with E-state index in [1.165, 1.54) is 11.1 Å². The van der Waals surface area contributed by atoms with Crippen molar-refractivity contribution in [2.75, 3.05) is 4.90 Å². The van der Waals surface area contributed by atoms with E-state index in [0.29, 0.717) is 27.6 Å². The third kappa shape index (κ3) is 5.21. The molecule has 0 aliphatic rings. The summed E-state index contributed by atoms with van der Waals surface area (Å²) in [6, 6.07) is 14.1. The quantitative estimate of drug-likeness (QED) is 0.379. The van der Waals surface area contributed by atoms with Gasteiger partial charge in [-0.25, -0.2) is 14.8 Å². The average Bonchev–Trinajstić information content (AvgIpc) is 3.21. The molecule has 0 fully saturated rings. The highest BCUT2D eigenvalue weighted by atomic mass is 35.5. The van der Waals surface area contributed by atoms with Crippen LogP contribution in [-0.4, -0.2) is 32.4 Å². The molecule has 1 amide bonds. The Morgan fingerprint density at radius 3 is 2.48 bits per heavy atom. The summed E-state index contributed by atoms with van der Waals surface area (Å²) in [6.07, 6.45) is 4.23. The number of carbonyl (C=O) groups is 2. The minimum atomic E-state index is -0.672. The van der Waals surface area contributed by atoms with E-state index >= 15 is 0 Å². The van der Waals surface area contributed by atoms with Gasteiger partial charge >= 0.3 is 6.09 Å². The fourth-order valence-electron chi connectivity index (χ4n) is 3.31. The number of benzene rings is 1. The van der Waals surface area contributed by atoms with Gasteiger partial charge in [0.2, 0.25) is 0 Å².